The van der Waals surface area contributed by atoms with E-state index in [-0.39, 0.29) is 5.91 Å². The van der Waals surface area contributed by atoms with E-state index in [2.05, 4.69) is 55.5 Å². The third kappa shape index (κ3) is 6.19. The number of pyridine rings is 1. The summed E-state index contributed by atoms with van der Waals surface area (Å²) >= 11 is 0. The van der Waals surface area contributed by atoms with Gasteiger partial charge in [0.15, 0.2) is 0 Å². The van der Waals surface area contributed by atoms with Crippen LogP contribution in [-0.4, -0.2) is 64.1 Å². The molecule has 0 aliphatic carbocycles. The van der Waals surface area contributed by atoms with Crippen LogP contribution in [0.5, 0.6) is 0 Å². The number of piperazine rings is 1. The Morgan fingerprint density at radius 3 is 2.68 bits per heavy atom. The van der Waals surface area contributed by atoms with Gasteiger partial charge in [0.25, 0.3) is 0 Å². The zero-order chi connectivity index (χ0) is 21.5. The Morgan fingerprint density at radius 1 is 1.10 bits per heavy atom. The molecule has 0 saturated carbocycles. The Labute approximate surface area is 182 Å². The number of rotatable bonds is 8. The minimum Gasteiger partial charge on any atom is -0.352 e. The molecule has 31 heavy (non-hydrogen) atoms. The molecule has 1 aliphatic heterocycles. The van der Waals surface area contributed by atoms with E-state index >= 15 is 0 Å². The van der Waals surface area contributed by atoms with Gasteiger partial charge in [0.1, 0.15) is 0 Å². The maximum absolute atomic E-state index is 12.3. The molecule has 1 N–H and O–H groups in total. The number of aromatic nitrogens is 3. The molecule has 8 nitrogen and oxygen atoms in total. The van der Waals surface area contributed by atoms with Gasteiger partial charge in [-0.15, -0.1) is 0 Å². The second-order valence-corrected chi connectivity index (χ2v) is 7.92. The summed E-state index contributed by atoms with van der Waals surface area (Å²) in [7, 11) is 2.17. The highest BCUT2D eigenvalue weighted by Gasteiger charge is 2.14. The molecule has 0 unspecified atom stereocenters. The van der Waals surface area contributed by atoms with Crippen LogP contribution in [0, 0.1) is 0 Å². The van der Waals surface area contributed by atoms with Crippen molar-refractivity contribution in [2.75, 3.05) is 33.2 Å². The number of aryl methyl sites for hydroxylation is 1. The summed E-state index contributed by atoms with van der Waals surface area (Å²) in [5.41, 5.74) is 3.23. The third-order valence-electron chi connectivity index (χ3n) is 5.46. The molecule has 1 fully saturated rings. The SMILES string of the molecule is CN1CCN(Cc2cccc(CNC(=O)CCc3nc(-c4ccncc4)no3)c2)CC1. The molecule has 162 valence electrons. The van der Waals surface area contributed by atoms with Crippen molar-refractivity contribution >= 4 is 5.91 Å². The molecule has 4 rings (SSSR count). The van der Waals surface area contributed by atoms with Gasteiger partial charge in [-0.25, -0.2) is 0 Å². The second-order valence-electron chi connectivity index (χ2n) is 7.92. The standard InChI is InChI=1S/C23H28N6O2/c1-28-11-13-29(14-12-28)17-19-4-2-3-18(15-19)16-25-21(30)5-6-22-26-23(27-31-22)20-7-9-24-10-8-20/h2-4,7-10,15H,5-6,11-14,16-17H2,1H3,(H,25,30). The topological polar surface area (TPSA) is 87.4 Å². The van der Waals surface area contributed by atoms with Crippen LogP contribution in [0.3, 0.4) is 0 Å². The summed E-state index contributed by atoms with van der Waals surface area (Å²) in [5, 5.41) is 6.95. The molecule has 0 radical (unpaired) electrons. The zero-order valence-electron chi connectivity index (χ0n) is 17.8. The summed E-state index contributed by atoms with van der Waals surface area (Å²) in [6.07, 6.45) is 4.07. The molecule has 2 aromatic heterocycles. The smallest absolute Gasteiger partial charge is 0.227 e. The van der Waals surface area contributed by atoms with Gasteiger partial charge in [-0.05, 0) is 30.3 Å². The highest BCUT2D eigenvalue weighted by Crippen LogP contribution is 2.15. The lowest BCUT2D eigenvalue weighted by molar-refractivity contribution is -0.121. The Balaban J connectivity index is 1.22. The number of likely N-dealkylation sites (N-methyl/N-ethyl adjacent to an activating group) is 1. The van der Waals surface area contributed by atoms with E-state index in [0.29, 0.717) is 31.1 Å². The van der Waals surface area contributed by atoms with Crippen LogP contribution in [-0.2, 0) is 24.3 Å². The molecule has 0 spiro atoms. The molecule has 1 aliphatic rings. The van der Waals surface area contributed by atoms with E-state index in [1.165, 1.54) is 5.56 Å². The highest BCUT2D eigenvalue weighted by molar-refractivity contribution is 5.76. The summed E-state index contributed by atoms with van der Waals surface area (Å²) in [4.78, 5) is 25.4. The quantitative estimate of drug-likeness (QED) is 0.597. The van der Waals surface area contributed by atoms with Crippen molar-refractivity contribution in [1.82, 2.24) is 30.2 Å². The fourth-order valence-electron chi connectivity index (χ4n) is 3.59. The Bertz CT molecular complexity index is 982. The van der Waals surface area contributed by atoms with Gasteiger partial charge in [-0.1, -0.05) is 29.4 Å². The zero-order valence-corrected chi connectivity index (χ0v) is 17.8. The normalized spacial score (nSPS) is 15.1. The van der Waals surface area contributed by atoms with Crippen LogP contribution in [0.25, 0.3) is 11.4 Å². The monoisotopic (exact) mass is 420 g/mol. The van der Waals surface area contributed by atoms with E-state index in [0.717, 1.165) is 43.9 Å². The fourth-order valence-corrected chi connectivity index (χ4v) is 3.59. The van der Waals surface area contributed by atoms with Crippen LogP contribution < -0.4 is 5.32 Å². The number of carbonyl (C=O) groups is 1. The van der Waals surface area contributed by atoms with Gasteiger partial charge in [0.2, 0.25) is 17.6 Å². The van der Waals surface area contributed by atoms with E-state index in [1.807, 2.05) is 18.2 Å². The molecule has 3 aromatic rings. The average Bonchev–Trinajstić information content (AvgIpc) is 3.28. The average molecular weight is 421 g/mol. The molecule has 8 heteroatoms. The summed E-state index contributed by atoms with van der Waals surface area (Å²) in [5.74, 6) is 0.930. The lowest BCUT2D eigenvalue weighted by atomic mass is 10.1. The first-order chi connectivity index (χ1) is 15.2. The van der Waals surface area contributed by atoms with Gasteiger partial charge in [-0.3, -0.25) is 14.7 Å². The second kappa shape index (κ2) is 10.3. The van der Waals surface area contributed by atoms with E-state index in [1.54, 1.807) is 12.4 Å². The van der Waals surface area contributed by atoms with Crippen molar-refractivity contribution in [3.05, 3.63) is 65.8 Å². The Morgan fingerprint density at radius 2 is 1.87 bits per heavy atom. The van der Waals surface area contributed by atoms with E-state index < -0.39 is 0 Å². The van der Waals surface area contributed by atoms with Crippen LogP contribution in [0.1, 0.15) is 23.4 Å². The predicted octanol–water partition coefficient (Wildman–Crippen LogP) is 2.13. The summed E-state index contributed by atoms with van der Waals surface area (Å²) in [6.45, 7) is 5.87. The van der Waals surface area contributed by atoms with Gasteiger partial charge in [0.05, 0.1) is 0 Å². The molecule has 1 saturated heterocycles. The van der Waals surface area contributed by atoms with E-state index in [9.17, 15) is 4.79 Å². The predicted molar refractivity (Wildman–Crippen MR) is 117 cm³/mol. The lowest BCUT2D eigenvalue weighted by Gasteiger charge is -2.32. The number of nitrogens with zero attached hydrogens (tertiary/aromatic N) is 5. The van der Waals surface area contributed by atoms with Crippen LogP contribution in [0.15, 0.2) is 53.3 Å². The van der Waals surface area contributed by atoms with Crippen LogP contribution >= 0.6 is 0 Å². The van der Waals surface area contributed by atoms with Crippen LogP contribution in [0.4, 0.5) is 0 Å². The Hall–Kier alpha value is -3.10. The van der Waals surface area contributed by atoms with Crippen molar-refractivity contribution in [2.24, 2.45) is 0 Å². The number of hydrogen-bond acceptors (Lipinski definition) is 7. The van der Waals surface area contributed by atoms with Gasteiger partial charge in [-0.2, -0.15) is 4.98 Å². The third-order valence-corrected chi connectivity index (χ3v) is 5.46. The first-order valence-corrected chi connectivity index (χ1v) is 10.6. The van der Waals surface area contributed by atoms with Crippen molar-refractivity contribution in [1.29, 1.82) is 0 Å². The number of benzene rings is 1. The van der Waals surface area contributed by atoms with Gasteiger partial charge >= 0.3 is 0 Å². The summed E-state index contributed by atoms with van der Waals surface area (Å²) in [6, 6.07) is 12.1. The number of nitrogens with one attached hydrogen (secondary N) is 1. The van der Waals surface area contributed by atoms with Gasteiger partial charge in [0, 0.05) is 70.1 Å². The minimum absolute atomic E-state index is 0.0341. The maximum atomic E-state index is 12.3. The van der Waals surface area contributed by atoms with Crippen molar-refractivity contribution in [3.8, 4) is 11.4 Å². The van der Waals surface area contributed by atoms with Crippen molar-refractivity contribution in [3.63, 3.8) is 0 Å². The highest BCUT2D eigenvalue weighted by atomic mass is 16.5. The fraction of sp³-hybridized carbons (Fsp3) is 0.391. The lowest BCUT2D eigenvalue weighted by Crippen LogP contribution is -2.43. The first-order valence-electron chi connectivity index (χ1n) is 10.6. The minimum atomic E-state index is -0.0341. The summed E-state index contributed by atoms with van der Waals surface area (Å²) < 4.78 is 5.26. The molecule has 0 bridgehead atoms. The number of amides is 1. The Kier molecular flexibility index (Phi) is 7.01. The molecule has 0 atom stereocenters. The first kappa shape index (κ1) is 21.1. The largest absolute Gasteiger partial charge is 0.352 e. The van der Waals surface area contributed by atoms with Crippen molar-refractivity contribution < 1.29 is 9.32 Å². The molecular formula is C23H28N6O2. The number of carbonyl (C=O) groups excluding carboxylic acids is 1. The molecular weight excluding hydrogens is 392 g/mol. The van der Waals surface area contributed by atoms with Crippen molar-refractivity contribution in [2.45, 2.75) is 25.9 Å². The molecule has 3 heterocycles. The molecule has 1 aromatic carbocycles. The molecule has 1 amide bonds. The van der Waals surface area contributed by atoms with E-state index in [4.69, 9.17) is 4.52 Å². The maximum Gasteiger partial charge on any atom is 0.227 e. The van der Waals surface area contributed by atoms with Crippen LogP contribution in [0.2, 0.25) is 0 Å². The van der Waals surface area contributed by atoms with Gasteiger partial charge < -0.3 is 14.7 Å². The number of hydrogen-bond donors (Lipinski definition) is 1.